The molecule has 2 heteroatoms. The first-order valence-electron chi connectivity index (χ1n) is 16.9. The second-order valence-electron chi connectivity index (χ2n) is 15.9. The molecule has 3 heterocycles. The van der Waals surface area contributed by atoms with Crippen LogP contribution in [0.15, 0.2) is 115 Å². The second-order valence-corrected chi connectivity index (χ2v) is 15.9. The highest BCUT2D eigenvalue weighted by Crippen LogP contribution is 2.59. The van der Waals surface area contributed by atoms with E-state index in [0.29, 0.717) is 5.92 Å². The molecule has 1 aromatic heterocycles. The SMILES string of the molecule is CC(C)(C)c1ccc(N(c2ccc3ccccc3c2)c2cc3c4c(c2)c2cccc5c2n4C2=C(C=CCC2C5(C)C)C3(C)C)cc1. The van der Waals surface area contributed by atoms with Crippen LogP contribution in [0.1, 0.15) is 71.6 Å². The zero-order valence-electron chi connectivity index (χ0n) is 28.1. The number of hydrogen-bond acceptors (Lipinski definition) is 1. The monoisotopic (exact) mass is 598 g/mol. The van der Waals surface area contributed by atoms with Crippen molar-refractivity contribution in [1.29, 1.82) is 0 Å². The van der Waals surface area contributed by atoms with E-state index in [9.17, 15) is 0 Å². The van der Waals surface area contributed by atoms with E-state index in [2.05, 4.69) is 167 Å². The minimum atomic E-state index is -0.137. The van der Waals surface area contributed by atoms with Crippen LogP contribution in [-0.4, -0.2) is 4.57 Å². The molecule has 5 aromatic carbocycles. The van der Waals surface area contributed by atoms with Crippen molar-refractivity contribution in [2.45, 2.75) is 71.1 Å². The quantitative estimate of drug-likeness (QED) is 0.197. The van der Waals surface area contributed by atoms with Gasteiger partial charge in [0.1, 0.15) is 0 Å². The predicted molar refractivity (Wildman–Crippen MR) is 197 cm³/mol. The fourth-order valence-electron chi connectivity index (χ4n) is 8.90. The molecule has 0 radical (unpaired) electrons. The molecule has 6 aromatic rings. The Bertz CT molecular complexity index is 2310. The maximum atomic E-state index is 2.68. The summed E-state index contributed by atoms with van der Waals surface area (Å²) >= 11 is 0. The normalized spacial score (nSPS) is 19.1. The summed E-state index contributed by atoms with van der Waals surface area (Å²) in [5, 5.41) is 5.23. The molecule has 2 aliphatic heterocycles. The Balaban J connectivity index is 1.37. The van der Waals surface area contributed by atoms with E-state index in [1.807, 2.05) is 0 Å². The average Bonchev–Trinajstić information content (AvgIpc) is 3.37. The van der Waals surface area contributed by atoms with Crippen LogP contribution in [0.3, 0.4) is 0 Å². The molecule has 9 rings (SSSR count). The molecule has 46 heavy (non-hydrogen) atoms. The largest absolute Gasteiger partial charge is 0.312 e. The Hall–Kier alpha value is -4.56. The molecule has 228 valence electrons. The number of nitrogens with zero attached hydrogens (tertiary/aromatic N) is 2. The summed E-state index contributed by atoms with van der Waals surface area (Å²) in [4.78, 5) is 2.48. The first-order valence-corrected chi connectivity index (χ1v) is 16.9. The van der Waals surface area contributed by atoms with Crippen LogP contribution in [0, 0.1) is 5.92 Å². The zero-order chi connectivity index (χ0) is 31.7. The van der Waals surface area contributed by atoms with Gasteiger partial charge in [0, 0.05) is 50.3 Å². The summed E-state index contributed by atoms with van der Waals surface area (Å²) in [6, 6.07) is 36.8. The van der Waals surface area contributed by atoms with Crippen molar-refractivity contribution in [3.8, 4) is 0 Å². The summed E-state index contributed by atoms with van der Waals surface area (Å²) in [7, 11) is 0. The maximum Gasteiger partial charge on any atom is 0.0580 e. The Labute approximate surface area is 272 Å². The van der Waals surface area contributed by atoms with Gasteiger partial charge in [-0.25, -0.2) is 0 Å². The molecule has 0 N–H and O–H groups in total. The van der Waals surface area contributed by atoms with Gasteiger partial charge in [0.25, 0.3) is 0 Å². The Morgan fingerprint density at radius 1 is 0.674 bits per heavy atom. The standard InChI is InChI=1S/C44H42N2/c1-42(2,3)29-19-22-30(23-20-29)45(31-21-18-27-12-8-9-13-28(27)24-31)32-25-34-33-14-10-15-35-39(33)46-40(34)38(26-32)44(6,7)37-17-11-16-36(41(37)46)43(35,4)5/h8-15,17-26,36H,16H2,1-7H3. The van der Waals surface area contributed by atoms with E-state index in [1.165, 1.54) is 77.6 Å². The van der Waals surface area contributed by atoms with Crippen molar-refractivity contribution in [3.63, 3.8) is 0 Å². The minimum Gasteiger partial charge on any atom is -0.312 e. The summed E-state index contributed by atoms with van der Waals surface area (Å²) in [6.07, 6.45) is 5.96. The molecular formula is C44H42N2. The van der Waals surface area contributed by atoms with E-state index >= 15 is 0 Å². The molecule has 0 bridgehead atoms. The van der Waals surface area contributed by atoms with Crippen molar-refractivity contribution in [3.05, 3.63) is 131 Å². The lowest BCUT2D eigenvalue weighted by molar-refractivity contribution is 0.371. The zero-order valence-corrected chi connectivity index (χ0v) is 28.1. The van der Waals surface area contributed by atoms with Crippen molar-refractivity contribution in [1.82, 2.24) is 4.57 Å². The summed E-state index contributed by atoms with van der Waals surface area (Å²) < 4.78 is 2.68. The lowest BCUT2D eigenvalue weighted by atomic mass is 9.62. The highest BCUT2D eigenvalue weighted by molar-refractivity contribution is 6.16. The average molecular weight is 599 g/mol. The lowest BCUT2D eigenvalue weighted by Crippen LogP contribution is -2.40. The first kappa shape index (κ1) is 27.7. The van der Waals surface area contributed by atoms with Gasteiger partial charge < -0.3 is 9.47 Å². The van der Waals surface area contributed by atoms with Crippen LogP contribution < -0.4 is 4.90 Å². The van der Waals surface area contributed by atoms with Crippen LogP contribution in [0.5, 0.6) is 0 Å². The summed E-state index contributed by atoms with van der Waals surface area (Å²) in [5.41, 5.74) is 13.6. The minimum absolute atomic E-state index is 0.0531. The van der Waals surface area contributed by atoms with Crippen LogP contribution >= 0.6 is 0 Å². The van der Waals surface area contributed by atoms with Crippen molar-refractivity contribution in [2.24, 2.45) is 5.92 Å². The molecule has 0 saturated heterocycles. The van der Waals surface area contributed by atoms with Crippen molar-refractivity contribution in [2.75, 3.05) is 4.90 Å². The third kappa shape index (κ3) is 3.59. The molecule has 0 saturated carbocycles. The second kappa shape index (κ2) is 9.04. The van der Waals surface area contributed by atoms with Crippen LogP contribution in [0.4, 0.5) is 17.1 Å². The van der Waals surface area contributed by atoms with Gasteiger partial charge >= 0.3 is 0 Å². The molecular weight excluding hydrogens is 556 g/mol. The highest BCUT2D eigenvalue weighted by Gasteiger charge is 2.48. The van der Waals surface area contributed by atoms with Crippen LogP contribution in [0.25, 0.3) is 38.3 Å². The fourth-order valence-corrected chi connectivity index (χ4v) is 8.90. The van der Waals surface area contributed by atoms with Crippen molar-refractivity contribution < 1.29 is 0 Å². The van der Waals surface area contributed by atoms with Gasteiger partial charge in [0.15, 0.2) is 0 Å². The van der Waals surface area contributed by atoms with E-state index in [-0.39, 0.29) is 16.2 Å². The van der Waals surface area contributed by atoms with E-state index in [1.54, 1.807) is 0 Å². The molecule has 0 spiro atoms. The van der Waals surface area contributed by atoms with Gasteiger partial charge in [0.05, 0.1) is 11.0 Å². The molecule has 1 unspecified atom stereocenters. The Kier molecular flexibility index (Phi) is 5.45. The fraction of sp³-hybridized carbons (Fsp3) is 0.273. The number of para-hydroxylation sites is 1. The smallest absolute Gasteiger partial charge is 0.0580 e. The number of rotatable bonds is 3. The van der Waals surface area contributed by atoms with E-state index in [4.69, 9.17) is 0 Å². The van der Waals surface area contributed by atoms with Gasteiger partial charge in [-0.3, -0.25) is 0 Å². The predicted octanol–water partition coefficient (Wildman–Crippen LogP) is 12.1. The summed E-state index contributed by atoms with van der Waals surface area (Å²) in [6.45, 7) is 16.7. The molecule has 2 nitrogen and oxygen atoms in total. The van der Waals surface area contributed by atoms with E-state index < -0.39 is 0 Å². The van der Waals surface area contributed by atoms with Crippen LogP contribution in [-0.2, 0) is 16.2 Å². The lowest BCUT2D eigenvalue weighted by Gasteiger charge is -2.48. The first-order chi connectivity index (χ1) is 22.0. The number of hydrogen-bond donors (Lipinski definition) is 0. The van der Waals surface area contributed by atoms with Gasteiger partial charge in [-0.2, -0.15) is 0 Å². The Morgan fingerprint density at radius 3 is 2.15 bits per heavy atom. The van der Waals surface area contributed by atoms with Crippen molar-refractivity contribution >= 4 is 55.3 Å². The molecule has 3 aliphatic rings. The van der Waals surface area contributed by atoms with Gasteiger partial charge in [0.2, 0.25) is 0 Å². The molecule has 1 atom stereocenters. The number of anilines is 3. The van der Waals surface area contributed by atoms with Gasteiger partial charge in [-0.1, -0.05) is 121 Å². The number of aromatic nitrogens is 1. The highest BCUT2D eigenvalue weighted by atomic mass is 15.1. The molecule has 0 fully saturated rings. The van der Waals surface area contributed by atoms with Crippen LogP contribution in [0.2, 0.25) is 0 Å². The maximum absolute atomic E-state index is 2.68. The van der Waals surface area contributed by atoms with Gasteiger partial charge in [-0.15, -0.1) is 0 Å². The number of allylic oxidation sites excluding steroid dienone is 4. The summed E-state index contributed by atoms with van der Waals surface area (Å²) in [5.74, 6) is 0.462. The third-order valence-corrected chi connectivity index (χ3v) is 11.5. The number of benzene rings is 5. The van der Waals surface area contributed by atoms with Gasteiger partial charge in [-0.05, 0) is 81.3 Å². The Morgan fingerprint density at radius 2 is 1.39 bits per heavy atom. The topological polar surface area (TPSA) is 8.17 Å². The number of fused-ring (bicyclic) bond motifs is 2. The molecule has 0 amide bonds. The third-order valence-electron chi connectivity index (χ3n) is 11.5. The molecule has 1 aliphatic carbocycles. The van der Waals surface area contributed by atoms with E-state index in [0.717, 1.165) is 6.42 Å².